The average Bonchev–Trinajstić information content (AvgIpc) is 2.29. The normalized spacial score (nSPS) is 20.2. The molecule has 104 valence electrons. The Hall–Kier alpha value is -1.10. The van der Waals surface area contributed by atoms with Crippen molar-refractivity contribution in [3.8, 4) is 0 Å². The third kappa shape index (κ3) is 3.45. The number of carbonyl (C=O) groups excluding carboxylic acids is 1. The molecule has 1 unspecified atom stereocenters. The van der Waals surface area contributed by atoms with Gasteiger partial charge in [-0.2, -0.15) is 0 Å². The van der Waals surface area contributed by atoms with Gasteiger partial charge >= 0.3 is 5.97 Å². The van der Waals surface area contributed by atoms with E-state index in [9.17, 15) is 9.59 Å². The summed E-state index contributed by atoms with van der Waals surface area (Å²) in [7, 11) is 0. The lowest BCUT2D eigenvalue weighted by Crippen LogP contribution is -2.50. The number of carboxylic acid groups (broad SMARTS) is 1. The average molecular weight is 256 g/mol. The van der Waals surface area contributed by atoms with Gasteiger partial charge in [-0.15, -0.1) is 0 Å². The van der Waals surface area contributed by atoms with Gasteiger partial charge in [-0.25, -0.2) is 0 Å². The molecular formula is C13H24N2O3. The van der Waals surface area contributed by atoms with Crippen LogP contribution in [0.2, 0.25) is 0 Å². The molecule has 1 heterocycles. The van der Waals surface area contributed by atoms with Gasteiger partial charge in [0.15, 0.2) is 0 Å². The van der Waals surface area contributed by atoms with Crippen LogP contribution >= 0.6 is 0 Å². The maximum atomic E-state index is 12.6. The Balaban J connectivity index is 2.74. The molecule has 0 aromatic heterocycles. The lowest BCUT2D eigenvalue weighted by molar-refractivity contribution is -0.147. The topological polar surface area (TPSA) is 69.6 Å². The number of nitrogens with one attached hydrogen (secondary N) is 1. The second-order valence-corrected chi connectivity index (χ2v) is 5.35. The van der Waals surface area contributed by atoms with Gasteiger partial charge in [0.25, 0.3) is 0 Å². The van der Waals surface area contributed by atoms with Crippen molar-refractivity contribution in [3.63, 3.8) is 0 Å². The number of nitrogens with zero attached hydrogens (tertiary/aromatic N) is 1. The fourth-order valence-electron chi connectivity index (χ4n) is 2.56. The third-order valence-corrected chi connectivity index (χ3v) is 3.83. The van der Waals surface area contributed by atoms with Crippen LogP contribution in [0, 0.1) is 5.41 Å². The van der Waals surface area contributed by atoms with Crippen molar-refractivity contribution >= 4 is 11.9 Å². The molecule has 0 aromatic rings. The summed E-state index contributed by atoms with van der Waals surface area (Å²) in [6.07, 6.45) is 1.65. The van der Waals surface area contributed by atoms with E-state index < -0.39 is 5.97 Å². The van der Waals surface area contributed by atoms with Gasteiger partial charge < -0.3 is 15.3 Å². The van der Waals surface area contributed by atoms with Crippen LogP contribution in [0.1, 0.15) is 40.0 Å². The quantitative estimate of drug-likeness (QED) is 0.772. The van der Waals surface area contributed by atoms with E-state index in [1.807, 2.05) is 13.8 Å². The van der Waals surface area contributed by atoms with Crippen molar-refractivity contribution in [2.24, 2.45) is 5.41 Å². The second kappa shape index (κ2) is 6.18. The number of carbonyl (C=O) groups is 2. The molecule has 0 aliphatic carbocycles. The minimum absolute atomic E-state index is 0.00785. The highest BCUT2D eigenvalue weighted by atomic mass is 16.4. The van der Waals surface area contributed by atoms with Crippen molar-refractivity contribution in [1.82, 2.24) is 10.2 Å². The lowest BCUT2D eigenvalue weighted by atomic mass is 9.79. The molecule has 18 heavy (non-hydrogen) atoms. The Morgan fingerprint density at radius 2 is 1.94 bits per heavy atom. The summed E-state index contributed by atoms with van der Waals surface area (Å²) in [6.45, 7) is 7.98. The monoisotopic (exact) mass is 256 g/mol. The van der Waals surface area contributed by atoms with Crippen molar-refractivity contribution in [1.29, 1.82) is 0 Å². The van der Waals surface area contributed by atoms with Crippen molar-refractivity contribution < 1.29 is 14.7 Å². The molecule has 5 nitrogen and oxygen atoms in total. The van der Waals surface area contributed by atoms with E-state index in [4.69, 9.17) is 5.11 Å². The van der Waals surface area contributed by atoms with E-state index in [1.54, 1.807) is 11.8 Å². The van der Waals surface area contributed by atoms with Crippen molar-refractivity contribution in [3.05, 3.63) is 0 Å². The zero-order valence-corrected chi connectivity index (χ0v) is 11.5. The molecule has 1 aliphatic heterocycles. The molecule has 5 heteroatoms. The summed E-state index contributed by atoms with van der Waals surface area (Å²) in [5.41, 5.74) is -0.339. The SMILES string of the molecule is CCN(C(=O)C1(C)CCNCC1)C(C)CC(=O)O. The van der Waals surface area contributed by atoms with E-state index >= 15 is 0 Å². The second-order valence-electron chi connectivity index (χ2n) is 5.35. The number of hydrogen-bond acceptors (Lipinski definition) is 3. The molecule has 0 radical (unpaired) electrons. The van der Waals surface area contributed by atoms with E-state index in [1.165, 1.54) is 0 Å². The van der Waals surface area contributed by atoms with Gasteiger partial charge in [0, 0.05) is 18.0 Å². The van der Waals surface area contributed by atoms with Gasteiger partial charge in [0.1, 0.15) is 0 Å². The number of rotatable bonds is 5. The molecule has 2 N–H and O–H groups in total. The molecule has 1 saturated heterocycles. The maximum Gasteiger partial charge on any atom is 0.305 e. The lowest BCUT2D eigenvalue weighted by Gasteiger charge is -2.39. The minimum atomic E-state index is -0.857. The number of carboxylic acids is 1. The van der Waals surface area contributed by atoms with Crippen LogP contribution in [-0.2, 0) is 9.59 Å². The first-order valence-electron chi connectivity index (χ1n) is 6.64. The fraction of sp³-hybridized carbons (Fsp3) is 0.846. The van der Waals surface area contributed by atoms with Crippen LogP contribution in [0.4, 0.5) is 0 Å². The van der Waals surface area contributed by atoms with E-state index in [0.717, 1.165) is 25.9 Å². The van der Waals surface area contributed by atoms with Crippen LogP contribution in [0.3, 0.4) is 0 Å². The smallest absolute Gasteiger partial charge is 0.305 e. The summed E-state index contributed by atoms with van der Waals surface area (Å²) in [5, 5.41) is 12.1. The summed E-state index contributed by atoms with van der Waals surface area (Å²) in [6, 6.07) is -0.244. The first-order valence-corrected chi connectivity index (χ1v) is 6.64. The van der Waals surface area contributed by atoms with Gasteiger partial charge in [0.2, 0.25) is 5.91 Å². The van der Waals surface area contributed by atoms with Crippen LogP contribution < -0.4 is 5.32 Å². The van der Waals surface area contributed by atoms with E-state index in [-0.39, 0.29) is 23.8 Å². The first-order chi connectivity index (χ1) is 8.40. The number of aliphatic carboxylic acids is 1. The highest BCUT2D eigenvalue weighted by molar-refractivity contribution is 5.83. The zero-order chi connectivity index (χ0) is 13.8. The number of piperidine rings is 1. The zero-order valence-electron chi connectivity index (χ0n) is 11.5. The van der Waals surface area contributed by atoms with Gasteiger partial charge in [-0.1, -0.05) is 6.92 Å². The molecule has 0 spiro atoms. The molecule has 1 aliphatic rings. The Kier molecular flexibility index (Phi) is 5.14. The molecule has 0 bridgehead atoms. The van der Waals surface area contributed by atoms with E-state index in [2.05, 4.69) is 5.32 Å². The Bertz CT molecular complexity index is 311. The Morgan fingerprint density at radius 1 is 1.39 bits per heavy atom. The van der Waals surface area contributed by atoms with Crippen LogP contribution in [0.15, 0.2) is 0 Å². The van der Waals surface area contributed by atoms with Crippen LogP contribution in [-0.4, -0.2) is 47.6 Å². The maximum absolute atomic E-state index is 12.6. The Labute approximate surface area is 109 Å². The largest absolute Gasteiger partial charge is 0.481 e. The van der Waals surface area contributed by atoms with Crippen LogP contribution in [0.5, 0.6) is 0 Å². The Morgan fingerprint density at radius 3 is 2.39 bits per heavy atom. The number of amides is 1. The minimum Gasteiger partial charge on any atom is -0.481 e. The molecule has 1 atom stereocenters. The predicted molar refractivity (Wildman–Crippen MR) is 69.3 cm³/mol. The fourth-order valence-corrected chi connectivity index (χ4v) is 2.56. The van der Waals surface area contributed by atoms with E-state index in [0.29, 0.717) is 6.54 Å². The van der Waals surface area contributed by atoms with Crippen molar-refractivity contribution in [2.45, 2.75) is 46.1 Å². The summed E-state index contributed by atoms with van der Waals surface area (Å²) >= 11 is 0. The standard InChI is InChI=1S/C13H24N2O3/c1-4-15(10(2)9-11(16)17)12(18)13(3)5-7-14-8-6-13/h10,14H,4-9H2,1-3H3,(H,16,17). The molecule has 1 amide bonds. The van der Waals surface area contributed by atoms with Crippen molar-refractivity contribution in [2.75, 3.05) is 19.6 Å². The molecular weight excluding hydrogens is 232 g/mol. The molecule has 1 rings (SSSR count). The van der Waals surface area contributed by atoms with Gasteiger partial charge in [0.05, 0.1) is 6.42 Å². The predicted octanol–water partition coefficient (Wildman–Crippen LogP) is 1.09. The van der Waals surface area contributed by atoms with Crippen LogP contribution in [0.25, 0.3) is 0 Å². The number of hydrogen-bond donors (Lipinski definition) is 2. The van der Waals surface area contributed by atoms with Gasteiger partial charge in [-0.05, 0) is 39.8 Å². The summed E-state index contributed by atoms with van der Waals surface area (Å²) in [5.74, 6) is -0.760. The highest BCUT2D eigenvalue weighted by Crippen LogP contribution is 2.31. The molecule has 0 aromatic carbocycles. The van der Waals surface area contributed by atoms with Gasteiger partial charge in [-0.3, -0.25) is 9.59 Å². The molecule has 0 saturated carbocycles. The summed E-state index contributed by atoms with van der Waals surface area (Å²) in [4.78, 5) is 25.0. The highest BCUT2D eigenvalue weighted by Gasteiger charge is 2.38. The third-order valence-electron chi connectivity index (χ3n) is 3.83. The first kappa shape index (κ1) is 15.0. The summed E-state index contributed by atoms with van der Waals surface area (Å²) < 4.78 is 0. The molecule has 1 fully saturated rings.